The Morgan fingerprint density at radius 2 is 1.93 bits per heavy atom. The van der Waals surface area contributed by atoms with E-state index in [1.165, 1.54) is 21.6 Å². The fourth-order valence-electron chi connectivity index (χ4n) is 5.34. The summed E-state index contributed by atoms with van der Waals surface area (Å²) in [5.74, 6) is 2.55. The molecule has 2 aliphatic rings. The van der Waals surface area contributed by atoms with Gasteiger partial charge in [-0.15, -0.1) is 11.3 Å². The van der Waals surface area contributed by atoms with Crippen LogP contribution in [0.1, 0.15) is 75.5 Å². The number of Topliss-reactive ketones (excluding diaryl/α,β-unsaturated/α-hetero) is 1. The number of ketones is 1. The third kappa shape index (κ3) is 3.55. The maximum Gasteiger partial charge on any atom is 0.173 e. The molecular formula is C25H32O3S. The van der Waals surface area contributed by atoms with Gasteiger partial charge in [-0.05, 0) is 85.6 Å². The fourth-order valence-corrected chi connectivity index (χ4v) is 6.54. The fraction of sp³-hybridized carbons (Fsp3) is 0.560. The smallest absolute Gasteiger partial charge is 0.173 e. The predicted octanol–water partition coefficient (Wildman–Crippen LogP) is 5.54. The molecule has 0 radical (unpaired) electrons. The molecule has 1 aromatic carbocycles. The van der Waals surface area contributed by atoms with Gasteiger partial charge in [-0.1, -0.05) is 26.0 Å². The number of rotatable bonds is 7. The van der Waals surface area contributed by atoms with E-state index in [-0.39, 0.29) is 0 Å². The molecule has 2 aromatic rings. The highest BCUT2D eigenvalue weighted by molar-refractivity contribution is 7.14. The van der Waals surface area contributed by atoms with Crippen molar-refractivity contribution in [3.8, 4) is 5.75 Å². The first-order valence-electron chi connectivity index (χ1n) is 10.7. The summed E-state index contributed by atoms with van der Waals surface area (Å²) < 4.78 is 5.75. The normalized spacial score (nSPS) is 22.2. The van der Waals surface area contributed by atoms with Gasteiger partial charge in [0, 0.05) is 11.3 Å². The van der Waals surface area contributed by atoms with Crippen molar-refractivity contribution in [1.29, 1.82) is 0 Å². The monoisotopic (exact) mass is 412 g/mol. The van der Waals surface area contributed by atoms with E-state index in [4.69, 9.17) is 4.74 Å². The summed E-state index contributed by atoms with van der Waals surface area (Å²) in [5.41, 5.74) is 6.57. The topological polar surface area (TPSA) is 46.5 Å². The molecule has 1 fully saturated rings. The molecule has 0 saturated heterocycles. The minimum Gasteiger partial charge on any atom is -0.490 e. The van der Waals surface area contributed by atoms with Gasteiger partial charge in [-0.2, -0.15) is 0 Å². The third-order valence-electron chi connectivity index (χ3n) is 6.90. The van der Waals surface area contributed by atoms with Gasteiger partial charge in [-0.25, -0.2) is 0 Å². The van der Waals surface area contributed by atoms with Crippen LogP contribution in [0.3, 0.4) is 0 Å². The molecule has 156 valence electrons. The molecular weight excluding hydrogens is 380 g/mol. The van der Waals surface area contributed by atoms with Gasteiger partial charge < -0.3 is 9.84 Å². The average molecular weight is 413 g/mol. The van der Waals surface area contributed by atoms with Gasteiger partial charge in [0.2, 0.25) is 0 Å². The quantitative estimate of drug-likeness (QED) is 0.607. The maximum absolute atomic E-state index is 13.0. The zero-order chi connectivity index (χ0) is 21.1. The van der Waals surface area contributed by atoms with Crippen LogP contribution in [0.4, 0.5) is 0 Å². The number of aryl methyl sites for hydroxylation is 4. The highest BCUT2D eigenvalue weighted by Crippen LogP contribution is 2.71. The number of ether oxygens (including phenoxy) is 1. The molecule has 0 amide bonds. The molecule has 1 aromatic heterocycles. The van der Waals surface area contributed by atoms with Crippen molar-refractivity contribution in [1.82, 2.24) is 0 Å². The third-order valence-corrected chi connectivity index (χ3v) is 8.11. The molecule has 3 nitrogen and oxygen atoms in total. The standard InChI is InChI=1S/C25H32O3S/c1-13-9-17(10-14(2)23(13)28-12-15(3)26)7-8-20(27)24-18-11-19-22(25(19,5)6)21(18)16(4)29-24/h9-10,15,19,22,26H,7-8,11-12H2,1-6H3/t15?,19-,22-/m1/s1. The van der Waals surface area contributed by atoms with Gasteiger partial charge >= 0.3 is 0 Å². The van der Waals surface area contributed by atoms with Crippen molar-refractivity contribution in [2.45, 2.75) is 72.8 Å². The number of benzene rings is 1. The zero-order valence-electron chi connectivity index (χ0n) is 18.4. The molecule has 4 heteroatoms. The van der Waals surface area contributed by atoms with Crippen LogP contribution in [0.15, 0.2) is 12.1 Å². The first kappa shape index (κ1) is 20.6. The lowest BCUT2D eigenvalue weighted by molar-refractivity contribution is 0.0985. The Hall–Kier alpha value is -1.65. The first-order chi connectivity index (χ1) is 13.6. The van der Waals surface area contributed by atoms with E-state index >= 15 is 0 Å². The molecule has 2 aliphatic carbocycles. The van der Waals surface area contributed by atoms with Crippen molar-refractivity contribution in [2.24, 2.45) is 11.3 Å². The van der Waals surface area contributed by atoms with Gasteiger partial charge in [-0.3, -0.25) is 4.79 Å². The van der Waals surface area contributed by atoms with Crippen molar-refractivity contribution in [3.05, 3.63) is 49.7 Å². The van der Waals surface area contributed by atoms with E-state index in [1.54, 1.807) is 18.3 Å². The molecule has 0 bridgehead atoms. The second-order valence-corrected chi connectivity index (χ2v) is 10.9. The lowest BCUT2D eigenvalue weighted by atomic mass is 9.93. The van der Waals surface area contributed by atoms with E-state index in [2.05, 4.69) is 32.9 Å². The Kier molecular flexibility index (Phi) is 5.15. The molecule has 4 rings (SSSR count). The SMILES string of the molecule is Cc1cc(CCC(=O)c2sc(C)c3c2C[C@@H]2[C@H]3C2(C)C)cc(C)c1OCC(C)O. The van der Waals surface area contributed by atoms with Crippen molar-refractivity contribution < 1.29 is 14.6 Å². The number of carbonyl (C=O) groups excluding carboxylic acids is 1. The van der Waals surface area contributed by atoms with Crippen LogP contribution in [0.2, 0.25) is 0 Å². The van der Waals surface area contributed by atoms with Crippen LogP contribution in [-0.2, 0) is 12.8 Å². The Morgan fingerprint density at radius 3 is 2.55 bits per heavy atom. The van der Waals surface area contributed by atoms with Crippen molar-refractivity contribution in [3.63, 3.8) is 0 Å². The molecule has 1 heterocycles. The molecule has 29 heavy (non-hydrogen) atoms. The summed E-state index contributed by atoms with van der Waals surface area (Å²) in [5, 5.41) is 9.46. The first-order valence-corrected chi connectivity index (χ1v) is 11.5. The maximum atomic E-state index is 13.0. The van der Waals surface area contributed by atoms with Crippen LogP contribution < -0.4 is 4.74 Å². The van der Waals surface area contributed by atoms with E-state index in [0.29, 0.717) is 30.1 Å². The molecule has 1 saturated carbocycles. The zero-order valence-corrected chi connectivity index (χ0v) is 19.2. The van der Waals surface area contributed by atoms with Gasteiger partial charge in [0.05, 0.1) is 11.0 Å². The Labute approximate surface area is 178 Å². The van der Waals surface area contributed by atoms with Crippen LogP contribution in [-0.4, -0.2) is 23.6 Å². The Morgan fingerprint density at radius 1 is 1.28 bits per heavy atom. The Bertz CT molecular complexity index is 944. The summed E-state index contributed by atoms with van der Waals surface area (Å²) in [6.45, 7) is 13.0. The van der Waals surface area contributed by atoms with E-state index in [0.717, 1.165) is 40.5 Å². The predicted molar refractivity (Wildman–Crippen MR) is 119 cm³/mol. The summed E-state index contributed by atoms with van der Waals surface area (Å²) in [6.07, 6.45) is 1.91. The number of aliphatic hydroxyl groups is 1. The number of thiophene rings is 1. The Balaban J connectivity index is 1.45. The van der Waals surface area contributed by atoms with Crippen LogP contribution in [0, 0.1) is 32.1 Å². The van der Waals surface area contributed by atoms with Crippen LogP contribution in [0.25, 0.3) is 0 Å². The minimum absolute atomic E-state index is 0.293. The lowest BCUT2D eigenvalue weighted by Gasteiger charge is -2.15. The number of aliphatic hydroxyl groups excluding tert-OH is 1. The summed E-state index contributed by atoms with van der Waals surface area (Å²) >= 11 is 1.72. The van der Waals surface area contributed by atoms with Gasteiger partial charge in [0.25, 0.3) is 0 Å². The lowest BCUT2D eigenvalue weighted by Crippen LogP contribution is -2.14. The highest BCUT2D eigenvalue weighted by atomic mass is 32.1. The van der Waals surface area contributed by atoms with Crippen LogP contribution >= 0.6 is 11.3 Å². The van der Waals surface area contributed by atoms with Crippen molar-refractivity contribution >= 4 is 17.1 Å². The number of fused-ring (bicyclic) bond motifs is 3. The number of hydrogen-bond acceptors (Lipinski definition) is 4. The van der Waals surface area contributed by atoms with E-state index < -0.39 is 6.10 Å². The van der Waals surface area contributed by atoms with E-state index in [1.807, 2.05) is 13.8 Å². The molecule has 1 N–H and O–H groups in total. The number of carbonyl (C=O) groups is 1. The van der Waals surface area contributed by atoms with Gasteiger partial charge in [0.15, 0.2) is 5.78 Å². The summed E-state index contributed by atoms with van der Waals surface area (Å²) in [7, 11) is 0. The second-order valence-electron chi connectivity index (χ2n) is 9.63. The average Bonchev–Trinajstić information content (AvgIpc) is 2.97. The van der Waals surface area contributed by atoms with Crippen LogP contribution in [0.5, 0.6) is 5.75 Å². The van der Waals surface area contributed by atoms with Crippen molar-refractivity contribution in [2.75, 3.05) is 6.61 Å². The highest BCUT2D eigenvalue weighted by Gasteiger charge is 2.63. The largest absolute Gasteiger partial charge is 0.490 e. The second kappa shape index (κ2) is 7.24. The molecule has 1 unspecified atom stereocenters. The summed E-state index contributed by atoms with van der Waals surface area (Å²) in [4.78, 5) is 15.4. The summed E-state index contributed by atoms with van der Waals surface area (Å²) in [6, 6.07) is 4.22. The molecule has 0 spiro atoms. The van der Waals surface area contributed by atoms with Gasteiger partial charge in [0.1, 0.15) is 12.4 Å². The molecule has 3 atom stereocenters. The number of hydrogen-bond donors (Lipinski definition) is 1. The van der Waals surface area contributed by atoms with E-state index in [9.17, 15) is 9.90 Å². The molecule has 0 aliphatic heterocycles. The minimum atomic E-state index is -0.487.